The molecule has 0 fully saturated rings. The zero-order valence-electron chi connectivity index (χ0n) is 8.89. The molecule has 88 valence electrons. The Hall–Kier alpha value is -1.07. The molecule has 2 rings (SSSR count). The lowest BCUT2D eigenvalue weighted by Crippen LogP contribution is -2.36. The second-order valence-corrected chi connectivity index (χ2v) is 3.46. The summed E-state index contributed by atoms with van der Waals surface area (Å²) in [5.41, 5.74) is 0.920. The molecule has 1 aromatic carbocycles. The molecule has 1 aliphatic heterocycles. The van der Waals surface area contributed by atoms with Crippen LogP contribution in [0.15, 0.2) is 35.3 Å². The van der Waals surface area contributed by atoms with Gasteiger partial charge in [0.1, 0.15) is 0 Å². The van der Waals surface area contributed by atoms with E-state index in [4.69, 9.17) is 0 Å². The largest absolute Gasteiger partial charge is 0.387 e. The van der Waals surface area contributed by atoms with Crippen molar-refractivity contribution in [2.75, 3.05) is 19.6 Å². The van der Waals surface area contributed by atoms with Crippen LogP contribution in [0, 0.1) is 0 Å². The zero-order chi connectivity index (χ0) is 10.5. The van der Waals surface area contributed by atoms with Crippen LogP contribution in [0.4, 0.5) is 0 Å². The van der Waals surface area contributed by atoms with Gasteiger partial charge in [-0.2, -0.15) is 0 Å². The fraction of sp³-hybridized carbons (Fsp3) is 0.364. The Labute approximate surface area is 106 Å². The zero-order valence-corrected chi connectivity index (χ0v) is 10.6. The van der Waals surface area contributed by atoms with Crippen molar-refractivity contribution in [3.63, 3.8) is 0 Å². The monoisotopic (exact) mass is 285 g/mol. The number of halogens is 1. The third-order valence-electron chi connectivity index (χ3n) is 2.32. The van der Waals surface area contributed by atoms with E-state index in [9.17, 15) is 5.11 Å². The number of nitrogens with zero attached hydrogens (tertiary/aromatic N) is 1. The first-order valence-corrected chi connectivity index (χ1v) is 5.11. The Morgan fingerprint density at radius 2 is 2.12 bits per heavy atom. The van der Waals surface area contributed by atoms with Gasteiger partial charge >= 0.3 is 0 Å². The first-order chi connectivity index (χ1) is 7.36. The second-order valence-electron chi connectivity index (χ2n) is 3.46. The van der Waals surface area contributed by atoms with Crippen LogP contribution in [0.25, 0.3) is 0 Å². The number of nitrogens with one attached hydrogen (secondary N) is 2. The number of hydrogen-bond donors (Lipinski definition) is 3. The van der Waals surface area contributed by atoms with Crippen LogP contribution in [0.2, 0.25) is 0 Å². The first kappa shape index (κ1) is 13.0. The molecule has 1 aromatic rings. The van der Waals surface area contributed by atoms with E-state index in [1.165, 1.54) is 0 Å². The van der Waals surface area contributed by atoms with E-state index in [2.05, 4.69) is 15.6 Å². The molecule has 0 aromatic heterocycles. The van der Waals surface area contributed by atoms with Crippen LogP contribution in [0.1, 0.15) is 11.7 Å². The summed E-state index contributed by atoms with van der Waals surface area (Å²) in [5.74, 6) is 0.782. The molecule has 0 aliphatic carbocycles. The third kappa shape index (κ3) is 3.50. The molecule has 3 N–H and O–H groups in total. The highest BCUT2D eigenvalue weighted by Gasteiger charge is 2.09. The maximum absolute atomic E-state index is 9.84. The first-order valence-electron chi connectivity index (χ1n) is 5.11. The summed E-state index contributed by atoms with van der Waals surface area (Å²) in [5, 5.41) is 16.0. The van der Waals surface area contributed by atoms with Gasteiger partial charge in [-0.3, -0.25) is 4.99 Å². The number of aliphatic hydroxyl groups is 1. The summed E-state index contributed by atoms with van der Waals surface area (Å²) in [7, 11) is 0. The number of benzene rings is 1. The number of aliphatic hydroxyl groups excluding tert-OH is 1. The van der Waals surface area contributed by atoms with Gasteiger partial charge in [-0.25, -0.2) is 0 Å². The molecule has 0 saturated carbocycles. The predicted octanol–water partition coefficient (Wildman–Crippen LogP) is 0.847. The number of guanidine groups is 1. The fourth-order valence-corrected chi connectivity index (χ4v) is 1.50. The van der Waals surface area contributed by atoms with Crippen molar-refractivity contribution in [3.8, 4) is 0 Å². The molecule has 0 spiro atoms. The number of rotatable bonds is 3. The van der Waals surface area contributed by atoms with Crippen molar-refractivity contribution in [1.29, 1.82) is 0 Å². The standard InChI is InChI=1S/C11H15N3O.BrH/c15-10(9-4-2-1-3-5-9)8-14-11-12-6-7-13-11;/h1-5,10,15H,6-8H2,(H2,12,13,14);1H. The lowest BCUT2D eigenvalue weighted by molar-refractivity contribution is 0.181. The summed E-state index contributed by atoms with van der Waals surface area (Å²) < 4.78 is 0. The van der Waals surface area contributed by atoms with Gasteiger partial charge in [-0.1, -0.05) is 30.3 Å². The Morgan fingerprint density at radius 1 is 1.38 bits per heavy atom. The van der Waals surface area contributed by atoms with Gasteiger partial charge in [0.15, 0.2) is 5.96 Å². The lowest BCUT2D eigenvalue weighted by Gasteiger charge is -2.12. The van der Waals surface area contributed by atoms with Crippen LogP contribution in [-0.2, 0) is 0 Å². The fourth-order valence-electron chi connectivity index (χ4n) is 1.50. The Morgan fingerprint density at radius 3 is 2.75 bits per heavy atom. The molecule has 1 atom stereocenters. The van der Waals surface area contributed by atoms with Crippen molar-refractivity contribution in [1.82, 2.24) is 10.6 Å². The van der Waals surface area contributed by atoms with E-state index in [-0.39, 0.29) is 17.0 Å². The van der Waals surface area contributed by atoms with E-state index >= 15 is 0 Å². The minimum absolute atomic E-state index is 0. The van der Waals surface area contributed by atoms with Crippen LogP contribution >= 0.6 is 17.0 Å². The summed E-state index contributed by atoms with van der Waals surface area (Å²) >= 11 is 0. The average molecular weight is 286 g/mol. The van der Waals surface area contributed by atoms with Crippen molar-refractivity contribution in [3.05, 3.63) is 35.9 Å². The van der Waals surface area contributed by atoms with Crippen LogP contribution < -0.4 is 10.6 Å². The topological polar surface area (TPSA) is 56.6 Å². The van der Waals surface area contributed by atoms with Gasteiger partial charge in [-0.15, -0.1) is 17.0 Å². The molecule has 1 unspecified atom stereocenters. The van der Waals surface area contributed by atoms with Crippen LogP contribution in [0.3, 0.4) is 0 Å². The molecule has 1 aliphatic rings. The highest BCUT2D eigenvalue weighted by molar-refractivity contribution is 8.93. The lowest BCUT2D eigenvalue weighted by atomic mass is 10.1. The molecular formula is C11H16BrN3O. The van der Waals surface area contributed by atoms with Crippen molar-refractivity contribution >= 4 is 22.9 Å². The number of hydrogen-bond acceptors (Lipinski definition) is 4. The van der Waals surface area contributed by atoms with Gasteiger partial charge in [0.05, 0.1) is 12.6 Å². The summed E-state index contributed by atoms with van der Waals surface area (Å²) in [4.78, 5) is 4.18. The van der Waals surface area contributed by atoms with E-state index in [1.54, 1.807) is 0 Å². The Bertz CT molecular complexity index is 342. The van der Waals surface area contributed by atoms with Crippen LogP contribution in [0.5, 0.6) is 0 Å². The smallest absolute Gasteiger partial charge is 0.191 e. The molecule has 1 heterocycles. The summed E-state index contributed by atoms with van der Waals surface area (Å²) in [6.07, 6.45) is -0.490. The molecular weight excluding hydrogens is 270 g/mol. The molecule has 0 amide bonds. The summed E-state index contributed by atoms with van der Waals surface area (Å²) in [6.45, 7) is 2.17. The third-order valence-corrected chi connectivity index (χ3v) is 2.32. The quantitative estimate of drug-likeness (QED) is 0.772. The average Bonchev–Trinajstić information content (AvgIpc) is 2.80. The van der Waals surface area contributed by atoms with Gasteiger partial charge in [0, 0.05) is 13.1 Å². The van der Waals surface area contributed by atoms with Crippen molar-refractivity contribution in [2.45, 2.75) is 6.10 Å². The molecule has 0 radical (unpaired) electrons. The van der Waals surface area contributed by atoms with Gasteiger partial charge in [0.2, 0.25) is 0 Å². The minimum atomic E-state index is -0.490. The number of aliphatic imine (C=N–C) groups is 1. The maximum Gasteiger partial charge on any atom is 0.191 e. The predicted molar refractivity (Wildman–Crippen MR) is 70.0 cm³/mol. The van der Waals surface area contributed by atoms with Crippen molar-refractivity contribution in [2.24, 2.45) is 4.99 Å². The van der Waals surface area contributed by atoms with Crippen LogP contribution in [-0.4, -0.2) is 30.7 Å². The van der Waals surface area contributed by atoms with E-state index < -0.39 is 6.10 Å². The minimum Gasteiger partial charge on any atom is -0.387 e. The molecule has 5 heteroatoms. The highest BCUT2D eigenvalue weighted by atomic mass is 79.9. The molecule has 16 heavy (non-hydrogen) atoms. The van der Waals surface area contributed by atoms with E-state index in [0.717, 1.165) is 24.6 Å². The Balaban J connectivity index is 0.00000128. The van der Waals surface area contributed by atoms with Gasteiger partial charge in [-0.05, 0) is 5.56 Å². The van der Waals surface area contributed by atoms with Gasteiger partial charge in [0.25, 0.3) is 0 Å². The summed E-state index contributed by atoms with van der Waals surface area (Å²) in [6, 6.07) is 9.60. The Kier molecular flexibility index (Phi) is 5.28. The van der Waals surface area contributed by atoms with Gasteiger partial charge < -0.3 is 15.7 Å². The van der Waals surface area contributed by atoms with E-state index in [0.29, 0.717) is 6.54 Å². The maximum atomic E-state index is 9.84. The van der Waals surface area contributed by atoms with E-state index in [1.807, 2.05) is 30.3 Å². The highest BCUT2D eigenvalue weighted by Crippen LogP contribution is 2.10. The second kappa shape index (κ2) is 6.50. The molecule has 0 bridgehead atoms. The normalized spacial score (nSPS) is 15.7. The molecule has 4 nitrogen and oxygen atoms in total. The SMILES string of the molecule is Br.OC(CNC1=NCCN1)c1ccccc1. The molecule has 0 saturated heterocycles. The van der Waals surface area contributed by atoms with Crippen molar-refractivity contribution < 1.29 is 5.11 Å².